The van der Waals surface area contributed by atoms with Crippen molar-refractivity contribution in [2.45, 2.75) is 18.3 Å². The minimum Gasteiger partial charge on any atom is -0.491 e. The molecule has 4 rings (SSSR count). The molecular weight excluding hydrogens is 444 g/mol. The van der Waals surface area contributed by atoms with Crippen LogP contribution in [0.25, 0.3) is 0 Å². The van der Waals surface area contributed by atoms with E-state index in [2.05, 4.69) is 20.0 Å². The lowest BCUT2D eigenvalue weighted by Crippen LogP contribution is -2.50. The monoisotopic (exact) mass is 458 g/mol. The van der Waals surface area contributed by atoms with Crippen molar-refractivity contribution in [3.05, 3.63) is 83.2 Å². The van der Waals surface area contributed by atoms with E-state index in [1.54, 1.807) is 12.1 Å². The van der Waals surface area contributed by atoms with Gasteiger partial charge in [0.05, 0.1) is 12.2 Å². The number of nitriles is 1. The van der Waals surface area contributed by atoms with Gasteiger partial charge < -0.3 is 14.8 Å². The molecule has 1 N–H and O–H groups in total. The summed E-state index contributed by atoms with van der Waals surface area (Å²) in [6.45, 7) is 0.113. The minimum absolute atomic E-state index is 0.0187. The van der Waals surface area contributed by atoms with Crippen molar-refractivity contribution in [2.75, 3.05) is 6.61 Å². The van der Waals surface area contributed by atoms with Crippen LogP contribution in [0.5, 0.6) is 11.5 Å². The van der Waals surface area contributed by atoms with Gasteiger partial charge in [0.25, 0.3) is 5.91 Å². The van der Waals surface area contributed by atoms with E-state index in [0.717, 1.165) is 12.1 Å². The van der Waals surface area contributed by atoms with Gasteiger partial charge in [0.15, 0.2) is 11.6 Å². The third-order valence-electron chi connectivity index (χ3n) is 5.01. The van der Waals surface area contributed by atoms with Crippen molar-refractivity contribution < 1.29 is 31.8 Å². The summed E-state index contributed by atoms with van der Waals surface area (Å²) in [5.41, 5.74) is -0.808. The zero-order valence-electron chi connectivity index (χ0n) is 16.7. The van der Waals surface area contributed by atoms with Crippen LogP contribution in [0.2, 0.25) is 0 Å². The number of fused-ring (bicyclic) bond motifs is 1. The standard InChI is InChI=1S/C22H14F4N4O3/c23-15-10-14(4-6-17(15)33-22(24,25)26)21(7-9-32-18-2-1-8-28-19(18)21)30-20(31)16-5-3-13(11-27)12-29-16/h1-6,8,10,12H,7,9H2,(H,30,31). The van der Waals surface area contributed by atoms with Crippen LogP contribution >= 0.6 is 0 Å². The lowest BCUT2D eigenvalue weighted by molar-refractivity contribution is -0.275. The summed E-state index contributed by atoms with van der Waals surface area (Å²) >= 11 is 0. The molecule has 1 aliphatic heterocycles. The second kappa shape index (κ2) is 8.38. The van der Waals surface area contributed by atoms with Crippen LogP contribution in [0.15, 0.2) is 54.9 Å². The maximum atomic E-state index is 14.6. The van der Waals surface area contributed by atoms with Gasteiger partial charge in [-0.1, -0.05) is 6.07 Å². The Labute approximate surface area is 184 Å². The average molecular weight is 458 g/mol. The molecule has 0 radical (unpaired) electrons. The van der Waals surface area contributed by atoms with E-state index in [1.807, 2.05) is 6.07 Å². The van der Waals surface area contributed by atoms with E-state index >= 15 is 0 Å². The molecule has 3 aromatic rings. The Balaban J connectivity index is 1.79. The van der Waals surface area contributed by atoms with Crippen LogP contribution in [-0.2, 0) is 5.54 Å². The fraction of sp³-hybridized carbons (Fsp3) is 0.182. The van der Waals surface area contributed by atoms with Crippen molar-refractivity contribution in [2.24, 2.45) is 0 Å². The molecule has 1 aromatic carbocycles. The largest absolute Gasteiger partial charge is 0.573 e. The molecule has 0 saturated carbocycles. The smallest absolute Gasteiger partial charge is 0.491 e. The highest BCUT2D eigenvalue weighted by Gasteiger charge is 2.43. The number of pyridine rings is 2. The topological polar surface area (TPSA) is 97.1 Å². The molecule has 0 bridgehead atoms. The molecule has 0 spiro atoms. The first-order valence-corrected chi connectivity index (χ1v) is 9.54. The van der Waals surface area contributed by atoms with Gasteiger partial charge in [-0.05, 0) is 42.0 Å². The van der Waals surface area contributed by atoms with Crippen LogP contribution < -0.4 is 14.8 Å². The molecule has 11 heteroatoms. The van der Waals surface area contributed by atoms with Crippen molar-refractivity contribution >= 4 is 5.91 Å². The van der Waals surface area contributed by atoms with Gasteiger partial charge in [-0.3, -0.25) is 9.78 Å². The molecule has 0 aliphatic carbocycles. The molecule has 33 heavy (non-hydrogen) atoms. The fourth-order valence-electron chi connectivity index (χ4n) is 3.56. The number of hydrogen-bond acceptors (Lipinski definition) is 6. The number of halogens is 4. The van der Waals surface area contributed by atoms with E-state index in [-0.39, 0.29) is 35.5 Å². The summed E-state index contributed by atoms with van der Waals surface area (Å²) in [7, 11) is 0. The number of aromatic nitrogens is 2. The Hall–Kier alpha value is -4.20. The quantitative estimate of drug-likeness (QED) is 0.597. The third-order valence-corrected chi connectivity index (χ3v) is 5.01. The first kappa shape index (κ1) is 22.0. The number of nitrogens with zero attached hydrogens (tertiary/aromatic N) is 3. The van der Waals surface area contributed by atoms with Gasteiger partial charge in [0.1, 0.15) is 28.7 Å². The fourth-order valence-corrected chi connectivity index (χ4v) is 3.56. The van der Waals surface area contributed by atoms with Crippen LogP contribution in [0.3, 0.4) is 0 Å². The molecule has 1 aliphatic rings. The summed E-state index contributed by atoms with van der Waals surface area (Å²) in [4.78, 5) is 21.3. The predicted molar refractivity (Wildman–Crippen MR) is 105 cm³/mol. The van der Waals surface area contributed by atoms with E-state index in [0.29, 0.717) is 5.75 Å². The molecule has 2 aromatic heterocycles. The number of ether oxygens (including phenoxy) is 2. The Morgan fingerprint density at radius 1 is 1.21 bits per heavy atom. The SMILES string of the molecule is N#Cc1ccc(C(=O)NC2(c3ccc(OC(F)(F)F)c(F)c3)CCOc3cccnc32)nc1. The summed E-state index contributed by atoms with van der Waals surface area (Å²) in [6, 6.07) is 10.8. The zero-order chi connectivity index (χ0) is 23.6. The summed E-state index contributed by atoms with van der Waals surface area (Å²) in [5.74, 6) is -2.60. The molecule has 0 fully saturated rings. The molecule has 0 saturated heterocycles. The second-order valence-electron chi connectivity index (χ2n) is 7.04. The number of amides is 1. The lowest BCUT2D eigenvalue weighted by atomic mass is 9.81. The maximum absolute atomic E-state index is 14.6. The summed E-state index contributed by atoms with van der Waals surface area (Å²) in [6.07, 6.45) is -2.28. The van der Waals surface area contributed by atoms with Gasteiger partial charge >= 0.3 is 6.36 Å². The van der Waals surface area contributed by atoms with Crippen LogP contribution in [-0.4, -0.2) is 28.8 Å². The van der Waals surface area contributed by atoms with Gasteiger partial charge in [-0.25, -0.2) is 9.37 Å². The van der Waals surface area contributed by atoms with Crippen molar-refractivity contribution in [3.63, 3.8) is 0 Å². The molecule has 3 heterocycles. The predicted octanol–water partition coefficient (Wildman–Crippen LogP) is 3.84. The normalized spacial score (nSPS) is 17.3. The third kappa shape index (κ3) is 4.41. The van der Waals surface area contributed by atoms with Gasteiger partial charge in [-0.2, -0.15) is 5.26 Å². The Kier molecular flexibility index (Phi) is 5.59. The first-order valence-electron chi connectivity index (χ1n) is 9.54. The highest BCUT2D eigenvalue weighted by atomic mass is 19.4. The van der Waals surface area contributed by atoms with E-state index in [9.17, 15) is 22.4 Å². The minimum atomic E-state index is -5.07. The van der Waals surface area contributed by atoms with Crippen molar-refractivity contribution in [1.29, 1.82) is 5.26 Å². The number of hydrogen-bond donors (Lipinski definition) is 1. The summed E-state index contributed by atoms with van der Waals surface area (Å²) < 4.78 is 61.6. The molecule has 1 unspecified atom stereocenters. The van der Waals surface area contributed by atoms with Crippen LogP contribution in [0.4, 0.5) is 17.6 Å². The lowest BCUT2D eigenvalue weighted by Gasteiger charge is -2.39. The highest BCUT2D eigenvalue weighted by Crippen LogP contribution is 2.42. The number of carbonyl (C=O) groups is 1. The van der Waals surface area contributed by atoms with Crippen molar-refractivity contribution in [1.82, 2.24) is 15.3 Å². The van der Waals surface area contributed by atoms with Gasteiger partial charge in [-0.15, -0.1) is 13.2 Å². The number of carbonyl (C=O) groups excluding carboxylic acids is 1. The molecule has 168 valence electrons. The Bertz CT molecular complexity index is 1240. The Morgan fingerprint density at radius 2 is 2.03 bits per heavy atom. The van der Waals surface area contributed by atoms with E-state index in [4.69, 9.17) is 10.00 Å². The number of nitrogens with one attached hydrogen (secondary N) is 1. The van der Waals surface area contributed by atoms with Gasteiger partial charge in [0, 0.05) is 18.8 Å². The van der Waals surface area contributed by atoms with Crippen LogP contribution in [0, 0.1) is 17.1 Å². The summed E-state index contributed by atoms with van der Waals surface area (Å²) in [5, 5.41) is 11.7. The maximum Gasteiger partial charge on any atom is 0.573 e. The van der Waals surface area contributed by atoms with Gasteiger partial charge in [0.2, 0.25) is 0 Å². The number of rotatable bonds is 4. The van der Waals surface area contributed by atoms with E-state index < -0.39 is 29.4 Å². The molecule has 7 nitrogen and oxygen atoms in total. The molecular formula is C22H14F4N4O3. The average Bonchev–Trinajstić information content (AvgIpc) is 2.80. The van der Waals surface area contributed by atoms with Crippen molar-refractivity contribution in [3.8, 4) is 17.6 Å². The zero-order valence-corrected chi connectivity index (χ0v) is 16.7. The Morgan fingerprint density at radius 3 is 2.70 bits per heavy atom. The first-order chi connectivity index (χ1) is 15.7. The number of benzene rings is 1. The highest BCUT2D eigenvalue weighted by molar-refractivity contribution is 5.93. The second-order valence-corrected chi connectivity index (χ2v) is 7.04. The number of alkyl halides is 3. The molecule has 1 amide bonds. The molecule has 1 atom stereocenters. The van der Waals surface area contributed by atoms with E-state index in [1.165, 1.54) is 30.6 Å². The van der Waals surface area contributed by atoms with Crippen LogP contribution in [0.1, 0.15) is 33.7 Å².